The van der Waals surface area contributed by atoms with Crippen molar-refractivity contribution in [2.24, 2.45) is 0 Å². The first kappa shape index (κ1) is 24.7. The van der Waals surface area contributed by atoms with Crippen LogP contribution in [0, 0.1) is 0 Å². The number of esters is 1. The molecule has 1 aromatic carbocycles. The second-order valence-corrected chi connectivity index (χ2v) is 8.08. The topological polar surface area (TPSA) is 58.6 Å². The Bertz CT molecular complexity index is 733. The molecule has 8 heteroatoms. The molecule has 0 aromatic heterocycles. The lowest BCUT2D eigenvalue weighted by molar-refractivity contribution is -0.150. The molecular weight excluding hydrogens is 385 g/mol. The standard InChI is InChI=1S/C21H29F3N2O3/c1-14(15-7-9-17(10-8-15)21(22,23)24)25-18(27)13-16(11-12-26(5)6)19(28)29-20(2,3)4/h7-11,14H,12-13H2,1-6H3,(H,25,27)/t14-/m0/s1. The number of carbonyl (C=O) groups is 2. The van der Waals surface area contributed by atoms with Crippen molar-refractivity contribution in [2.45, 2.75) is 51.9 Å². The zero-order chi connectivity index (χ0) is 22.4. The molecule has 29 heavy (non-hydrogen) atoms. The smallest absolute Gasteiger partial charge is 0.416 e. The van der Waals surface area contributed by atoms with Crippen LogP contribution in [0.2, 0.25) is 0 Å². The fourth-order valence-corrected chi connectivity index (χ4v) is 2.37. The Labute approximate surface area is 169 Å². The van der Waals surface area contributed by atoms with E-state index in [9.17, 15) is 22.8 Å². The van der Waals surface area contributed by atoms with Gasteiger partial charge in [0.1, 0.15) is 5.60 Å². The predicted molar refractivity (Wildman–Crippen MR) is 105 cm³/mol. The molecule has 0 aliphatic rings. The minimum absolute atomic E-state index is 0.187. The average Bonchev–Trinajstić information content (AvgIpc) is 2.56. The lowest BCUT2D eigenvalue weighted by Crippen LogP contribution is -2.30. The Morgan fingerprint density at radius 1 is 1.14 bits per heavy atom. The summed E-state index contributed by atoms with van der Waals surface area (Å²) in [6.07, 6.45) is -2.96. The average molecular weight is 414 g/mol. The van der Waals surface area contributed by atoms with E-state index in [1.807, 2.05) is 19.0 Å². The molecule has 0 unspecified atom stereocenters. The summed E-state index contributed by atoms with van der Waals surface area (Å²) in [4.78, 5) is 26.7. The van der Waals surface area contributed by atoms with Crippen LogP contribution in [0.3, 0.4) is 0 Å². The molecule has 1 aromatic rings. The van der Waals surface area contributed by atoms with Crippen LogP contribution in [0.5, 0.6) is 0 Å². The van der Waals surface area contributed by atoms with Gasteiger partial charge in [-0.3, -0.25) is 4.79 Å². The van der Waals surface area contributed by atoms with Crippen molar-refractivity contribution in [2.75, 3.05) is 20.6 Å². The Balaban J connectivity index is 2.83. The van der Waals surface area contributed by atoms with E-state index in [1.165, 1.54) is 12.1 Å². The summed E-state index contributed by atoms with van der Waals surface area (Å²) in [5.74, 6) is -0.995. The summed E-state index contributed by atoms with van der Waals surface area (Å²) >= 11 is 0. The lowest BCUT2D eigenvalue weighted by atomic mass is 10.0. The van der Waals surface area contributed by atoms with Crippen LogP contribution in [0.1, 0.15) is 51.3 Å². The second-order valence-electron chi connectivity index (χ2n) is 8.08. The van der Waals surface area contributed by atoms with Gasteiger partial charge in [-0.25, -0.2) is 4.79 Å². The highest BCUT2D eigenvalue weighted by Crippen LogP contribution is 2.29. The molecule has 0 spiro atoms. The van der Waals surface area contributed by atoms with Crippen molar-refractivity contribution in [3.8, 4) is 0 Å². The summed E-state index contributed by atoms with van der Waals surface area (Å²) in [6, 6.07) is 4.08. The minimum atomic E-state index is -4.41. The van der Waals surface area contributed by atoms with Crippen molar-refractivity contribution >= 4 is 11.9 Å². The number of hydrogen-bond acceptors (Lipinski definition) is 4. The van der Waals surface area contributed by atoms with E-state index in [0.29, 0.717) is 12.1 Å². The summed E-state index contributed by atoms with van der Waals surface area (Å²) < 4.78 is 43.4. The SMILES string of the molecule is C[C@H](NC(=O)CC(=CCN(C)C)C(=O)OC(C)(C)C)c1ccc(C(F)(F)F)cc1. The fourth-order valence-electron chi connectivity index (χ4n) is 2.37. The van der Waals surface area contributed by atoms with Gasteiger partial charge >= 0.3 is 12.1 Å². The fraction of sp³-hybridized carbons (Fsp3) is 0.524. The molecule has 1 rings (SSSR count). The largest absolute Gasteiger partial charge is 0.457 e. The first-order valence-electron chi connectivity index (χ1n) is 9.22. The third-order valence-corrected chi connectivity index (χ3v) is 3.83. The number of nitrogens with one attached hydrogen (secondary N) is 1. The molecule has 1 amide bonds. The molecule has 0 saturated carbocycles. The molecule has 1 atom stereocenters. The molecule has 0 aliphatic heterocycles. The van der Waals surface area contributed by atoms with Crippen LogP contribution in [0.15, 0.2) is 35.9 Å². The van der Waals surface area contributed by atoms with E-state index in [1.54, 1.807) is 33.8 Å². The van der Waals surface area contributed by atoms with Gasteiger partial charge in [-0.15, -0.1) is 0 Å². The maximum absolute atomic E-state index is 12.7. The molecule has 0 saturated heterocycles. The number of alkyl halides is 3. The molecule has 162 valence electrons. The Morgan fingerprint density at radius 3 is 2.14 bits per heavy atom. The number of likely N-dealkylation sites (N-methyl/N-ethyl adjacent to an activating group) is 1. The monoisotopic (exact) mass is 414 g/mol. The second kappa shape index (κ2) is 9.91. The number of halogens is 3. The summed E-state index contributed by atoms with van der Waals surface area (Å²) in [6.45, 7) is 7.33. The Hall–Kier alpha value is -2.35. The maximum atomic E-state index is 12.7. The molecular formula is C21H29F3N2O3. The third-order valence-electron chi connectivity index (χ3n) is 3.83. The number of carbonyl (C=O) groups excluding carboxylic acids is 2. The van der Waals surface area contributed by atoms with E-state index in [0.717, 1.165) is 12.1 Å². The molecule has 0 fully saturated rings. The van der Waals surface area contributed by atoms with Crippen molar-refractivity contribution < 1.29 is 27.5 Å². The normalized spacial score (nSPS) is 13.9. The van der Waals surface area contributed by atoms with E-state index < -0.39 is 35.3 Å². The summed E-state index contributed by atoms with van der Waals surface area (Å²) in [7, 11) is 3.66. The zero-order valence-corrected chi connectivity index (χ0v) is 17.7. The van der Waals surface area contributed by atoms with Gasteiger partial charge in [0.2, 0.25) is 5.91 Å². The lowest BCUT2D eigenvalue weighted by Gasteiger charge is -2.21. The van der Waals surface area contributed by atoms with Crippen LogP contribution in [-0.2, 0) is 20.5 Å². The van der Waals surface area contributed by atoms with Gasteiger partial charge in [0.15, 0.2) is 0 Å². The van der Waals surface area contributed by atoms with Crippen LogP contribution in [0.4, 0.5) is 13.2 Å². The van der Waals surface area contributed by atoms with Gasteiger partial charge in [-0.1, -0.05) is 18.2 Å². The predicted octanol–water partition coefficient (Wildman–Crippen LogP) is 4.10. The number of benzene rings is 1. The van der Waals surface area contributed by atoms with E-state index in [2.05, 4.69) is 5.32 Å². The van der Waals surface area contributed by atoms with Gasteiger partial charge in [-0.05, 0) is 59.5 Å². The van der Waals surface area contributed by atoms with Crippen LogP contribution < -0.4 is 5.32 Å². The molecule has 0 aliphatic carbocycles. The first-order valence-corrected chi connectivity index (χ1v) is 9.22. The van der Waals surface area contributed by atoms with Gasteiger partial charge in [0, 0.05) is 12.1 Å². The van der Waals surface area contributed by atoms with Crippen LogP contribution in [0.25, 0.3) is 0 Å². The van der Waals surface area contributed by atoms with Gasteiger partial charge in [-0.2, -0.15) is 13.2 Å². The van der Waals surface area contributed by atoms with E-state index >= 15 is 0 Å². The molecule has 0 heterocycles. The van der Waals surface area contributed by atoms with Crippen molar-refractivity contribution in [1.82, 2.24) is 10.2 Å². The van der Waals surface area contributed by atoms with Gasteiger partial charge in [0.25, 0.3) is 0 Å². The van der Waals surface area contributed by atoms with Crippen molar-refractivity contribution in [3.63, 3.8) is 0 Å². The number of amides is 1. The van der Waals surface area contributed by atoms with Crippen molar-refractivity contribution in [1.29, 1.82) is 0 Å². The molecule has 0 bridgehead atoms. The van der Waals surface area contributed by atoms with E-state index in [-0.39, 0.29) is 12.0 Å². The number of hydrogen-bond donors (Lipinski definition) is 1. The number of ether oxygens (including phenoxy) is 1. The van der Waals surface area contributed by atoms with Crippen LogP contribution in [-0.4, -0.2) is 43.0 Å². The van der Waals surface area contributed by atoms with Crippen molar-refractivity contribution in [3.05, 3.63) is 47.0 Å². The summed E-state index contributed by atoms with van der Waals surface area (Å²) in [5.41, 5.74) is -0.690. The summed E-state index contributed by atoms with van der Waals surface area (Å²) in [5, 5.41) is 2.71. The highest BCUT2D eigenvalue weighted by atomic mass is 19.4. The molecule has 0 radical (unpaired) electrons. The first-order chi connectivity index (χ1) is 13.2. The Morgan fingerprint density at radius 2 is 1.69 bits per heavy atom. The molecule has 5 nitrogen and oxygen atoms in total. The van der Waals surface area contributed by atoms with Gasteiger partial charge in [0.05, 0.1) is 18.0 Å². The number of nitrogens with zero attached hydrogens (tertiary/aromatic N) is 1. The number of rotatable bonds is 7. The quantitative estimate of drug-likeness (QED) is 0.539. The van der Waals surface area contributed by atoms with Crippen LogP contribution >= 0.6 is 0 Å². The zero-order valence-electron chi connectivity index (χ0n) is 17.7. The highest BCUT2D eigenvalue weighted by molar-refractivity contribution is 5.95. The van der Waals surface area contributed by atoms with E-state index in [4.69, 9.17) is 4.74 Å². The Kier molecular flexibility index (Phi) is 8.44. The minimum Gasteiger partial charge on any atom is -0.457 e. The molecule has 1 N–H and O–H groups in total. The third kappa shape index (κ3) is 9.13. The van der Waals surface area contributed by atoms with Gasteiger partial charge < -0.3 is 15.0 Å². The maximum Gasteiger partial charge on any atom is 0.416 e. The highest BCUT2D eigenvalue weighted by Gasteiger charge is 2.30.